The molecule has 2 aromatic rings. The van der Waals surface area contributed by atoms with Crippen molar-refractivity contribution in [2.75, 3.05) is 11.9 Å². The molecule has 0 fully saturated rings. The Balaban J connectivity index is 2.29. The zero-order chi connectivity index (χ0) is 15.4. The Labute approximate surface area is 122 Å². The monoisotopic (exact) mass is 288 g/mol. The summed E-state index contributed by atoms with van der Waals surface area (Å²) in [5.41, 5.74) is 7.48. The van der Waals surface area contributed by atoms with Gasteiger partial charge in [-0.05, 0) is 25.1 Å². The van der Waals surface area contributed by atoms with Gasteiger partial charge < -0.3 is 15.8 Å². The van der Waals surface area contributed by atoms with Crippen LogP contribution in [-0.4, -0.2) is 23.1 Å². The Morgan fingerprint density at radius 1 is 1.38 bits per heavy atom. The maximum Gasteiger partial charge on any atom is 0.170 e. The lowest BCUT2D eigenvalue weighted by atomic mass is 10.2. The molecule has 0 spiro atoms. The molecule has 2 rings (SSSR count). The first-order valence-corrected chi connectivity index (χ1v) is 6.42. The molecule has 0 aliphatic heterocycles. The molecular formula is C15H17FN4O. The SMILES string of the molecule is Cc1cc(/C(N)=N/O)cc(N(C)Cc2ccccc2F)n1. The standard InChI is InChI=1S/C15H17FN4O/c1-10-7-12(15(17)19-21)8-14(18-10)20(2)9-11-5-3-4-6-13(11)16/h3-8,21H,9H2,1-2H3,(H2,17,19). The molecule has 5 nitrogen and oxygen atoms in total. The Bertz CT molecular complexity index is 672. The first kappa shape index (κ1) is 14.8. The number of hydrogen-bond donors (Lipinski definition) is 2. The van der Waals surface area contributed by atoms with E-state index < -0.39 is 0 Å². The summed E-state index contributed by atoms with van der Waals surface area (Å²) in [7, 11) is 1.81. The highest BCUT2D eigenvalue weighted by Gasteiger charge is 2.10. The van der Waals surface area contributed by atoms with Gasteiger partial charge in [-0.3, -0.25) is 0 Å². The highest BCUT2D eigenvalue weighted by molar-refractivity contribution is 5.97. The van der Waals surface area contributed by atoms with Crippen LogP contribution in [0, 0.1) is 12.7 Å². The van der Waals surface area contributed by atoms with E-state index >= 15 is 0 Å². The molecule has 1 heterocycles. The Morgan fingerprint density at radius 3 is 2.76 bits per heavy atom. The Morgan fingerprint density at radius 2 is 2.10 bits per heavy atom. The molecule has 0 amide bonds. The van der Waals surface area contributed by atoms with Crippen LogP contribution in [0.15, 0.2) is 41.6 Å². The molecule has 110 valence electrons. The lowest BCUT2D eigenvalue weighted by Crippen LogP contribution is -2.21. The lowest BCUT2D eigenvalue weighted by Gasteiger charge is -2.20. The number of nitrogens with two attached hydrogens (primary N) is 1. The van der Waals surface area contributed by atoms with Crippen LogP contribution in [0.5, 0.6) is 0 Å². The lowest BCUT2D eigenvalue weighted by molar-refractivity contribution is 0.318. The molecule has 6 heteroatoms. The summed E-state index contributed by atoms with van der Waals surface area (Å²) in [6.07, 6.45) is 0. The topological polar surface area (TPSA) is 74.7 Å². The molecule has 0 bridgehead atoms. The van der Waals surface area contributed by atoms with Crippen LogP contribution in [0.3, 0.4) is 0 Å². The van der Waals surface area contributed by atoms with Gasteiger partial charge in [0.15, 0.2) is 5.84 Å². The first-order chi connectivity index (χ1) is 10.0. The van der Waals surface area contributed by atoms with Crippen molar-refractivity contribution in [2.24, 2.45) is 10.9 Å². The first-order valence-electron chi connectivity index (χ1n) is 6.42. The molecule has 0 saturated heterocycles. The van der Waals surface area contributed by atoms with E-state index in [4.69, 9.17) is 10.9 Å². The zero-order valence-corrected chi connectivity index (χ0v) is 11.9. The van der Waals surface area contributed by atoms with E-state index in [2.05, 4.69) is 10.1 Å². The predicted molar refractivity (Wildman–Crippen MR) is 80.0 cm³/mol. The second kappa shape index (κ2) is 6.21. The quantitative estimate of drug-likeness (QED) is 0.392. The number of nitrogens with zero attached hydrogens (tertiary/aromatic N) is 3. The van der Waals surface area contributed by atoms with Gasteiger partial charge >= 0.3 is 0 Å². The van der Waals surface area contributed by atoms with Gasteiger partial charge in [-0.2, -0.15) is 0 Å². The number of amidine groups is 1. The molecular weight excluding hydrogens is 271 g/mol. The molecule has 0 radical (unpaired) electrons. The predicted octanol–water partition coefficient (Wildman–Crippen LogP) is 2.26. The van der Waals surface area contributed by atoms with Gasteiger partial charge in [-0.1, -0.05) is 23.4 Å². The van der Waals surface area contributed by atoms with Crippen molar-refractivity contribution in [3.8, 4) is 0 Å². The molecule has 0 atom stereocenters. The number of oxime groups is 1. The molecule has 0 aliphatic rings. The number of rotatable bonds is 4. The smallest absolute Gasteiger partial charge is 0.170 e. The summed E-state index contributed by atoms with van der Waals surface area (Å²) in [5, 5.41) is 11.7. The van der Waals surface area contributed by atoms with Crippen LogP contribution in [0.1, 0.15) is 16.8 Å². The van der Waals surface area contributed by atoms with E-state index in [1.807, 2.05) is 14.0 Å². The van der Waals surface area contributed by atoms with Gasteiger partial charge in [0, 0.05) is 30.4 Å². The van der Waals surface area contributed by atoms with Crippen LogP contribution < -0.4 is 10.6 Å². The minimum Gasteiger partial charge on any atom is -0.409 e. The molecule has 21 heavy (non-hydrogen) atoms. The van der Waals surface area contributed by atoms with Crippen LogP contribution in [0.2, 0.25) is 0 Å². The van der Waals surface area contributed by atoms with Crippen molar-refractivity contribution in [2.45, 2.75) is 13.5 Å². The van der Waals surface area contributed by atoms with Gasteiger partial charge in [0.1, 0.15) is 11.6 Å². The number of hydrogen-bond acceptors (Lipinski definition) is 4. The third-order valence-electron chi connectivity index (χ3n) is 3.10. The van der Waals surface area contributed by atoms with Crippen molar-refractivity contribution in [3.05, 3.63) is 59.0 Å². The number of pyridine rings is 1. The van der Waals surface area contributed by atoms with E-state index in [-0.39, 0.29) is 11.7 Å². The minimum absolute atomic E-state index is 0.0149. The van der Waals surface area contributed by atoms with Gasteiger partial charge in [0.2, 0.25) is 0 Å². The maximum atomic E-state index is 13.7. The molecule has 0 unspecified atom stereocenters. The number of aromatic nitrogens is 1. The van der Waals surface area contributed by atoms with Crippen molar-refractivity contribution < 1.29 is 9.60 Å². The Hall–Kier alpha value is -2.63. The summed E-state index contributed by atoms with van der Waals surface area (Å²) >= 11 is 0. The Kier molecular flexibility index (Phi) is 4.37. The summed E-state index contributed by atoms with van der Waals surface area (Å²) in [6.45, 7) is 2.19. The van der Waals surface area contributed by atoms with Crippen LogP contribution in [0.4, 0.5) is 10.2 Å². The van der Waals surface area contributed by atoms with E-state index in [0.717, 1.165) is 5.69 Å². The minimum atomic E-state index is -0.256. The van der Waals surface area contributed by atoms with Crippen molar-refractivity contribution in [1.82, 2.24) is 4.98 Å². The number of benzene rings is 1. The maximum absolute atomic E-state index is 13.7. The van der Waals surface area contributed by atoms with Gasteiger partial charge in [0.05, 0.1) is 0 Å². The molecule has 0 aliphatic carbocycles. The van der Waals surface area contributed by atoms with Gasteiger partial charge in [-0.25, -0.2) is 9.37 Å². The van der Waals surface area contributed by atoms with Crippen molar-refractivity contribution in [1.29, 1.82) is 0 Å². The molecule has 3 N–H and O–H groups in total. The van der Waals surface area contributed by atoms with Crippen LogP contribution >= 0.6 is 0 Å². The number of aryl methyl sites for hydroxylation is 1. The van der Waals surface area contributed by atoms with Crippen molar-refractivity contribution >= 4 is 11.7 Å². The normalized spacial score (nSPS) is 11.5. The second-order valence-corrected chi connectivity index (χ2v) is 4.79. The summed E-state index contributed by atoms with van der Waals surface area (Å²) in [6, 6.07) is 10.0. The number of halogens is 1. The average Bonchev–Trinajstić information content (AvgIpc) is 2.48. The summed E-state index contributed by atoms with van der Waals surface area (Å²) < 4.78 is 13.7. The fraction of sp³-hybridized carbons (Fsp3) is 0.200. The number of anilines is 1. The highest BCUT2D eigenvalue weighted by atomic mass is 19.1. The molecule has 0 saturated carbocycles. The van der Waals surface area contributed by atoms with E-state index in [0.29, 0.717) is 23.5 Å². The molecule has 1 aromatic carbocycles. The summed E-state index contributed by atoms with van der Waals surface area (Å²) in [5.74, 6) is 0.384. The second-order valence-electron chi connectivity index (χ2n) is 4.79. The van der Waals surface area contributed by atoms with Crippen molar-refractivity contribution in [3.63, 3.8) is 0 Å². The third kappa shape index (κ3) is 3.47. The highest BCUT2D eigenvalue weighted by Crippen LogP contribution is 2.17. The van der Waals surface area contributed by atoms with E-state index in [1.54, 1.807) is 35.2 Å². The largest absolute Gasteiger partial charge is 0.409 e. The fourth-order valence-corrected chi connectivity index (χ4v) is 2.02. The summed E-state index contributed by atoms with van der Waals surface area (Å²) in [4.78, 5) is 6.19. The fourth-order valence-electron chi connectivity index (χ4n) is 2.02. The van der Waals surface area contributed by atoms with Gasteiger partial charge in [-0.15, -0.1) is 0 Å². The van der Waals surface area contributed by atoms with Crippen LogP contribution in [0.25, 0.3) is 0 Å². The van der Waals surface area contributed by atoms with Crippen LogP contribution in [-0.2, 0) is 6.54 Å². The third-order valence-corrected chi connectivity index (χ3v) is 3.10. The van der Waals surface area contributed by atoms with E-state index in [9.17, 15) is 4.39 Å². The van der Waals surface area contributed by atoms with Gasteiger partial charge in [0.25, 0.3) is 0 Å². The molecule has 1 aromatic heterocycles. The average molecular weight is 288 g/mol. The zero-order valence-electron chi connectivity index (χ0n) is 11.9. The van der Waals surface area contributed by atoms with E-state index in [1.165, 1.54) is 6.07 Å².